The molecule has 0 saturated heterocycles. The molecule has 0 fully saturated rings. The zero-order valence-electron chi connectivity index (χ0n) is 17.2. The van der Waals surface area contributed by atoms with Crippen molar-refractivity contribution in [1.29, 1.82) is 0 Å². The maximum atomic E-state index is 12.8. The van der Waals surface area contributed by atoms with Gasteiger partial charge in [-0.2, -0.15) is 0 Å². The highest BCUT2D eigenvalue weighted by atomic mass is 35.5. The number of pyridine rings is 1. The van der Waals surface area contributed by atoms with Gasteiger partial charge in [0.1, 0.15) is 17.9 Å². The second-order valence-electron chi connectivity index (χ2n) is 7.73. The van der Waals surface area contributed by atoms with Gasteiger partial charge >= 0.3 is 0 Å². The fourth-order valence-corrected chi connectivity index (χ4v) is 4.05. The van der Waals surface area contributed by atoms with Crippen LogP contribution in [-0.4, -0.2) is 35.0 Å². The minimum atomic E-state index is -0.493. The van der Waals surface area contributed by atoms with Gasteiger partial charge in [0.05, 0.1) is 23.5 Å². The third-order valence-electron chi connectivity index (χ3n) is 5.24. The summed E-state index contributed by atoms with van der Waals surface area (Å²) in [5.41, 5.74) is 4.47. The van der Waals surface area contributed by atoms with Gasteiger partial charge in [0.2, 0.25) is 0 Å². The third kappa shape index (κ3) is 4.37. The van der Waals surface area contributed by atoms with E-state index in [-0.39, 0.29) is 30.7 Å². The van der Waals surface area contributed by atoms with Gasteiger partial charge in [-0.25, -0.2) is 5.43 Å². The van der Waals surface area contributed by atoms with Crippen LogP contribution in [0.1, 0.15) is 42.7 Å². The van der Waals surface area contributed by atoms with Gasteiger partial charge in [-0.3, -0.25) is 15.4 Å². The van der Waals surface area contributed by atoms with Gasteiger partial charge in [-0.1, -0.05) is 25.4 Å². The zero-order valence-corrected chi connectivity index (χ0v) is 18.0. The number of carbonyl (C=O) groups is 1. The first-order chi connectivity index (χ1) is 14.3. The van der Waals surface area contributed by atoms with Gasteiger partial charge in [0, 0.05) is 23.9 Å². The van der Waals surface area contributed by atoms with E-state index in [0.29, 0.717) is 22.9 Å². The van der Waals surface area contributed by atoms with Crippen molar-refractivity contribution in [3.05, 3.63) is 50.8 Å². The van der Waals surface area contributed by atoms with Gasteiger partial charge in [-0.05, 0) is 37.0 Å². The number of nitrogens with two attached hydrogens (primary N) is 1. The molecule has 0 aliphatic carbocycles. The molecule has 30 heavy (non-hydrogen) atoms. The van der Waals surface area contributed by atoms with Crippen molar-refractivity contribution in [2.24, 2.45) is 11.8 Å². The van der Waals surface area contributed by atoms with E-state index in [4.69, 9.17) is 27.3 Å². The van der Waals surface area contributed by atoms with E-state index in [9.17, 15) is 9.59 Å². The standard InChI is InChI=1S/C21H27ClN4O4/c1-11(2)17-7-13-6-14(30-5-4-27)8-16(22)20(13)18-9-19(28)15(10-26(17)18)21(29)24-12(3)25-23/h6,8-12,17,25,27H,4-5,7,23H2,1-3H3,(H,24,29). The van der Waals surface area contributed by atoms with Crippen LogP contribution in [0, 0.1) is 5.92 Å². The third-order valence-corrected chi connectivity index (χ3v) is 5.54. The number of benzene rings is 1. The number of hydrogen-bond acceptors (Lipinski definition) is 6. The summed E-state index contributed by atoms with van der Waals surface area (Å²) in [5, 5.41) is 12.1. The lowest BCUT2D eigenvalue weighted by Crippen LogP contribution is -2.47. The molecule has 2 heterocycles. The Balaban J connectivity index is 2.13. The van der Waals surface area contributed by atoms with Crippen molar-refractivity contribution >= 4 is 17.5 Å². The maximum absolute atomic E-state index is 12.8. The van der Waals surface area contributed by atoms with Gasteiger partial charge in [0.15, 0.2) is 5.43 Å². The summed E-state index contributed by atoms with van der Waals surface area (Å²) in [6.45, 7) is 5.94. The highest BCUT2D eigenvalue weighted by Gasteiger charge is 2.30. The summed E-state index contributed by atoms with van der Waals surface area (Å²) in [6.07, 6.45) is 1.79. The molecular formula is C21H27ClN4O4. The number of hydrogen-bond donors (Lipinski definition) is 4. The molecule has 0 radical (unpaired) electrons. The summed E-state index contributed by atoms with van der Waals surface area (Å²) >= 11 is 6.56. The van der Waals surface area contributed by atoms with Crippen LogP contribution in [0.4, 0.5) is 0 Å². The first kappa shape index (κ1) is 22.3. The van der Waals surface area contributed by atoms with Crippen molar-refractivity contribution in [3.8, 4) is 17.0 Å². The summed E-state index contributed by atoms with van der Waals surface area (Å²) in [4.78, 5) is 25.4. The quantitative estimate of drug-likeness (QED) is 0.300. The van der Waals surface area contributed by atoms with Crippen molar-refractivity contribution in [1.82, 2.24) is 15.3 Å². The number of carbonyl (C=O) groups excluding carboxylic acids is 1. The highest BCUT2D eigenvalue weighted by Crippen LogP contribution is 2.42. The Morgan fingerprint density at radius 3 is 2.73 bits per heavy atom. The number of aliphatic hydroxyl groups is 1. The first-order valence-electron chi connectivity index (χ1n) is 9.86. The summed E-state index contributed by atoms with van der Waals surface area (Å²) in [6, 6.07) is 5.06. The molecule has 1 aromatic heterocycles. The smallest absolute Gasteiger partial charge is 0.257 e. The number of nitrogens with one attached hydrogen (secondary N) is 2. The molecule has 1 amide bonds. The van der Waals surface area contributed by atoms with Crippen LogP contribution in [0.15, 0.2) is 29.2 Å². The maximum Gasteiger partial charge on any atom is 0.257 e. The zero-order chi connectivity index (χ0) is 22.0. The van der Waals surface area contributed by atoms with Gasteiger partial charge in [-0.15, -0.1) is 0 Å². The molecule has 3 rings (SSSR count). The van der Waals surface area contributed by atoms with Crippen LogP contribution in [-0.2, 0) is 6.42 Å². The lowest BCUT2D eigenvalue weighted by Gasteiger charge is -2.34. The van der Waals surface area contributed by atoms with Crippen LogP contribution in [0.3, 0.4) is 0 Å². The Morgan fingerprint density at radius 2 is 2.10 bits per heavy atom. The summed E-state index contributed by atoms with van der Waals surface area (Å²) in [7, 11) is 0. The van der Waals surface area contributed by atoms with Crippen LogP contribution in [0.5, 0.6) is 5.75 Å². The molecule has 1 aromatic carbocycles. The number of aromatic nitrogens is 1. The Hall–Kier alpha value is -2.39. The van der Waals surface area contributed by atoms with Gasteiger partial charge in [0.25, 0.3) is 5.91 Å². The van der Waals surface area contributed by atoms with E-state index < -0.39 is 17.5 Å². The van der Waals surface area contributed by atoms with Crippen molar-refractivity contribution in [2.75, 3.05) is 13.2 Å². The largest absolute Gasteiger partial charge is 0.491 e. The Morgan fingerprint density at radius 1 is 1.37 bits per heavy atom. The Bertz CT molecular complexity index is 1010. The lowest BCUT2D eigenvalue weighted by atomic mass is 9.87. The molecule has 2 unspecified atom stereocenters. The normalized spacial score (nSPS) is 16.0. The van der Waals surface area contributed by atoms with Crippen LogP contribution >= 0.6 is 11.6 Å². The SMILES string of the molecule is CC(NN)NC(=O)c1cn2c(cc1=O)-c1c(Cl)cc(OCCO)cc1CC2C(C)C. The molecular weight excluding hydrogens is 408 g/mol. The molecule has 2 aromatic rings. The number of nitrogens with zero attached hydrogens (tertiary/aromatic N) is 1. The number of amides is 1. The molecule has 8 nitrogen and oxygen atoms in total. The summed E-state index contributed by atoms with van der Waals surface area (Å²) in [5.74, 6) is 5.65. The topological polar surface area (TPSA) is 119 Å². The summed E-state index contributed by atoms with van der Waals surface area (Å²) < 4.78 is 7.50. The van der Waals surface area contributed by atoms with E-state index in [0.717, 1.165) is 11.1 Å². The molecule has 0 saturated carbocycles. The van der Waals surface area contributed by atoms with Crippen LogP contribution in [0.25, 0.3) is 11.3 Å². The number of halogens is 1. The Kier molecular flexibility index (Phi) is 6.82. The number of hydrazine groups is 1. The predicted octanol–water partition coefficient (Wildman–Crippen LogP) is 1.83. The average Bonchev–Trinajstić information content (AvgIpc) is 2.70. The fraction of sp³-hybridized carbons (Fsp3) is 0.429. The lowest BCUT2D eigenvalue weighted by molar-refractivity contribution is 0.0931. The average molecular weight is 435 g/mol. The molecule has 1 aliphatic rings. The molecule has 9 heteroatoms. The monoisotopic (exact) mass is 434 g/mol. The van der Waals surface area contributed by atoms with Gasteiger partial charge < -0.3 is 19.7 Å². The minimum absolute atomic E-state index is 0.0221. The fourth-order valence-electron chi connectivity index (χ4n) is 3.72. The Labute approximate surface area is 180 Å². The number of aliphatic hydroxyl groups excluding tert-OH is 1. The number of fused-ring (bicyclic) bond motifs is 3. The number of ether oxygens (including phenoxy) is 1. The molecule has 2 atom stereocenters. The van der Waals surface area contributed by atoms with Crippen molar-refractivity contribution in [2.45, 2.75) is 39.4 Å². The molecule has 0 spiro atoms. The predicted molar refractivity (Wildman–Crippen MR) is 116 cm³/mol. The van der Waals surface area contributed by atoms with E-state index in [2.05, 4.69) is 24.6 Å². The molecule has 162 valence electrons. The second kappa shape index (κ2) is 9.18. The van der Waals surface area contributed by atoms with E-state index >= 15 is 0 Å². The molecule has 5 N–H and O–H groups in total. The van der Waals surface area contributed by atoms with Crippen molar-refractivity contribution < 1.29 is 14.6 Å². The van der Waals surface area contributed by atoms with Crippen molar-refractivity contribution in [3.63, 3.8) is 0 Å². The number of rotatable bonds is 7. The van der Waals surface area contributed by atoms with E-state index in [1.807, 2.05) is 10.6 Å². The second-order valence-corrected chi connectivity index (χ2v) is 8.14. The van der Waals surface area contributed by atoms with Crippen LogP contribution < -0.4 is 26.8 Å². The minimum Gasteiger partial charge on any atom is -0.491 e. The van der Waals surface area contributed by atoms with Crippen LogP contribution in [0.2, 0.25) is 5.02 Å². The molecule has 1 aliphatic heterocycles. The van der Waals surface area contributed by atoms with E-state index in [1.165, 1.54) is 6.07 Å². The molecule has 0 bridgehead atoms. The highest BCUT2D eigenvalue weighted by molar-refractivity contribution is 6.33. The van der Waals surface area contributed by atoms with E-state index in [1.54, 1.807) is 19.2 Å². The first-order valence-corrected chi connectivity index (χ1v) is 10.2.